The highest BCUT2D eigenvalue weighted by Gasteiger charge is 2.49. The molecule has 0 bridgehead atoms. The summed E-state index contributed by atoms with van der Waals surface area (Å²) < 4.78 is 5.65. The van der Waals surface area contributed by atoms with E-state index in [1.807, 2.05) is 13.8 Å². The quantitative estimate of drug-likeness (QED) is 0.730. The summed E-state index contributed by atoms with van der Waals surface area (Å²) in [6.07, 6.45) is 3.55. The molecule has 3 unspecified atom stereocenters. The molecule has 4 nitrogen and oxygen atoms in total. The Bertz CT molecular complexity index is 277. The lowest BCUT2D eigenvalue weighted by Gasteiger charge is -2.51. The molecule has 1 aliphatic carbocycles. The van der Waals surface area contributed by atoms with Crippen molar-refractivity contribution in [2.45, 2.75) is 71.6 Å². The lowest BCUT2D eigenvalue weighted by molar-refractivity contribution is -0.136. The molecule has 0 aromatic carbocycles. The van der Waals surface area contributed by atoms with Crippen LogP contribution in [0.25, 0.3) is 0 Å². The standard InChI is InChI=1S/C14H28N2O2/c1-5-18-12-9-11(14(12,3)4)16-13(17)8-6-7-10(2)15/h10-12H,5-9,15H2,1-4H3,(H,16,17). The van der Waals surface area contributed by atoms with Crippen molar-refractivity contribution in [3.63, 3.8) is 0 Å². The molecular formula is C14H28N2O2. The van der Waals surface area contributed by atoms with Crippen molar-refractivity contribution in [2.24, 2.45) is 11.1 Å². The third-order valence-corrected chi connectivity index (χ3v) is 3.94. The number of nitrogens with one attached hydrogen (secondary N) is 1. The van der Waals surface area contributed by atoms with Gasteiger partial charge in [0, 0.05) is 30.5 Å². The summed E-state index contributed by atoms with van der Waals surface area (Å²) >= 11 is 0. The van der Waals surface area contributed by atoms with E-state index in [2.05, 4.69) is 19.2 Å². The Morgan fingerprint density at radius 1 is 1.56 bits per heavy atom. The Balaban J connectivity index is 2.25. The highest BCUT2D eigenvalue weighted by atomic mass is 16.5. The van der Waals surface area contributed by atoms with Crippen molar-refractivity contribution in [3.8, 4) is 0 Å². The Hall–Kier alpha value is -0.610. The highest BCUT2D eigenvalue weighted by molar-refractivity contribution is 5.76. The van der Waals surface area contributed by atoms with Crippen LogP contribution in [0.15, 0.2) is 0 Å². The molecule has 0 spiro atoms. The largest absolute Gasteiger partial charge is 0.378 e. The second kappa shape index (κ2) is 6.53. The molecule has 106 valence electrons. The number of nitrogens with two attached hydrogens (primary N) is 1. The number of carbonyl (C=O) groups excluding carboxylic acids is 1. The van der Waals surface area contributed by atoms with E-state index >= 15 is 0 Å². The molecule has 0 aromatic heterocycles. The predicted octanol–water partition coefficient (Wildman–Crippen LogP) is 1.82. The Kier molecular flexibility index (Phi) is 5.60. The first-order chi connectivity index (χ1) is 8.37. The first-order valence-electron chi connectivity index (χ1n) is 7.04. The van der Waals surface area contributed by atoms with E-state index in [1.165, 1.54) is 0 Å². The molecule has 0 radical (unpaired) electrons. The number of rotatable bonds is 7. The molecule has 1 saturated carbocycles. The van der Waals surface area contributed by atoms with Gasteiger partial charge in [-0.15, -0.1) is 0 Å². The maximum Gasteiger partial charge on any atom is 0.220 e. The van der Waals surface area contributed by atoms with E-state index in [0.717, 1.165) is 25.9 Å². The summed E-state index contributed by atoms with van der Waals surface area (Å²) in [5, 5.41) is 3.11. The summed E-state index contributed by atoms with van der Waals surface area (Å²) in [6, 6.07) is 0.428. The van der Waals surface area contributed by atoms with E-state index in [1.54, 1.807) is 0 Å². The average molecular weight is 256 g/mol. The second-order valence-electron chi connectivity index (χ2n) is 5.99. The van der Waals surface area contributed by atoms with Crippen LogP contribution in [-0.4, -0.2) is 30.7 Å². The fourth-order valence-corrected chi connectivity index (χ4v) is 2.47. The van der Waals surface area contributed by atoms with Crippen LogP contribution in [-0.2, 0) is 9.53 Å². The van der Waals surface area contributed by atoms with Crippen LogP contribution in [0.5, 0.6) is 0 Å². The zero-order chi connectivity index (χ0) is 13.8. The van der Waals surface area contributed by atoms with Crippen molar-refractivity contribution in [1.82, 2.24) is 5.32 Å². The molecule has 1 aliphatic rings. The monoisotopic (exact) mass is 256 g/mol. The topological polar surface area (TPSA) is 64.3 Å². The number of amides is 1. The summed E-state index contributed by atoms with van der Waals surface area (Å²) in [5.74, 6) is 0.142. The molecule has 0 aromatic rings. The smallest absolute Gasteiger partial charge is 0.220 e. The van der Waals surface area contributed by atoms with Gasteiger partial charge in [-0.25, -0.2) is 0 Å². The maximum atomic E-state index is 11.8. The first kappa shape index (κ1) is 15.4. The van der Waals surface area contributed by atoms with Gasteiger partial charge in [0.25, 0.3) is 0 Å². The normalized spacial score (nSPS) is 27.4. The van der Waals surface area contributed by atoms with Gasteiger partial charge < -0.3 is 15.8 Å². The van der Waals surface area contributed by atoms with Crippen molar-refractivity contribution in [1.29, 1.82) is 0 Å². The van der Waals surface area contributed by atoms with Crippen molar-refractivity contribution < 1.29 is 9.53 Å². The van der Waals surface area contributed by atoms with Crippen LogP contribution in [0.3, 0.4) is 0 Å². The number of carbonyl (C=O) groups is 1. The minimum absolute atomic E-state index is 0.0484. The molecule has 1 fully saturated rings. The fourth-order valence-electron chi connectivity index (χ4n) is 2.47. The van der Waals surface area contributed by atoms with Crippen LogP contribution in [0.2, 0.25) is 0 Å². The van der Waals surface area contributed by atoms with E-state index in [-0.39, 0.29) is 29.5 Å². The van der Waals surface area contributed by atoms with Crippen molar-refractivity contribution >= 4 is 5.91 Å². The van der Waals surface area contributed by atoms with Crippen LogP contribution in [0.4, 0.5) is 0 Å². The molecule has 0 aliphatic heterocycles. The van der Waals surface area contributed by atoms with Gasteiger partial charge >= 0.3 is 0 Å². The van der Waals surface area contributed by atoms with Gasteiger partial charge in [0.2, 0.25) is 5.91 Å². The SMILES string of the molecule is CCOC1CC(NC(=O)CCCC(C)N)C1(C)C. The summed E-state index contributed by atoms with van der Waals surface area (Å²) in [4.78, 5) is 11.8. The Labute approximate surface area is 111 Å². The summed E-state index contributed by atoms with van der Waals surface area (Å²) in [7, 11) is 0. The molecule has 4 heteroatoms. The zero-order valence-electron chi connectivity index (χ0n) is 12.2. The lowest BCUT2D eigenvalue weighted by Crippen LogP contribution is -2.62. The van der Waals surface area contributed by atoms with Crippen LogP contribution < -0.4 is 11.1 Å². The van der Waals surface area contributed by atoms with Crippen LogP contribution >= 0.6 is 0 Å². The third kappa shape index (κ3) is 3.95. The minimum Gasteiger partial charge on any atom is -0.378 e. The second-order valence-corrected chi connectivity index (χ2v) is 5.99. The molecular weight excluding hydrogens is 228 g/mol. The zero-order valence-corrected chi connectivity index (χ0v) is 12.2. The minimum atomic E-state index is 0.0484. The van der Waals surface area contributed by atoms with E-state index in [4.69, 9.17) is 10.5 Å². The van der Waals surface area contributed by atoms with Gasteiger partial charge in [0.05, 0.1) is 6.10 Å². The predicted molar refractivity (Wildman–Crippen MR) is 73.2 cm³/mol. The highest BCUT2D eigenvalue weighted by Crippen LogP contribution is 2.42. The molecule has 3 atom stereocenters. The van der Waals surface area contributed by atoms with E-state index in [0.29, 0.717) is 6.42 Å². The summed E-state index contributed by atoms with van der Waals surface area (Å²) in [5.41, 5.74) is 5.71. The molecule has 0 heterocycles. The molecule has 18 heavy (non-hydrogen) atoms. The lowest BCUT2D eigenvalue weighted by atomic mass is 9.64. The molecule has 1 amide bonds. The number of hydrogen-bond acceptors (Lipinski definition) is 3. The van der Waals surface area contributed by atoms with Gasteiger partial charge in [-0.1, -0.05) is 13.8 Å². The van der Waals surface area contributed by atoms with Gasteiger partial charge in [-0.05, 0) is 33.1 Å². The first-order valence-corrected chi connectivity index (χ1v) is 7.04. The Morgan fingerprint density at radius 2 is 2.22 bits per heavy atom. The fraction of sp³-hybridized carbons (Fsp3) is 0.929. The van der Waals surface area contributed by atoms with Crippen molar-refractivity contribution in [3.05, 3.63) is 0 Å². The number of ether oxygens (including phenoxy) is 1. The van der Waals surface area contributed by atoms with E-state index < -0.39 is 0 Å². The van der Waals surface area contributed by atoms with Crippen LogP contribution in [0, 0.1) is 5.41 Å². The Morgan fingerprint density at radius 3 is 2.72 bits per heavy atom. The molecule has 3 N–H and O–H groups in total. The number of hydrogen-bond donors (Lipinski definition) is 2. The average Bonchev–Trinajstić information content (AvgIpc) is 2.27. The van der Waals surface area contributed by atoms with Gasteiger partial charge in [-0.3, -0.25) is 4.79 Å². The molecule has 0 saturated heterocycles. The van der Waals surface area contributed by atoms with Crippen molar-refractivity contribution in [2.75, 3.05) is 6.61 Å². The van der Waals surface area contributed by atoms with Gasteiger partial charge in [-0.2, -0.15) is 0 Å². The van der Waals surface area contributed by atoms with Crippen LogP contribution in [0.1, 0.15) is 53.4 Å². The van der Waals surface area contributed by atoms with E-state index in [9.17, 15) is 4.79 Å². The van der Waals surface area contributed by atoms with Gasteiger partial charge in [0.1, 0.15) is 0 Å². The third-order valence-electron chi connectivity index (χ3n) is 3.94. The summed E-state index contributed by atoms with van der Waals surface area (Å²) in [6.45, 7) is 9.03. The van der Waals surface area contributed by atoms with Gasteiger partial charge in [0.15, 0.2) is 0 Å². The molecule has 1 rings (SSSR count). The maximum absolute atomic E-state index is 11.8.